The Bertz CT molecular complexity index is 444. The van der Waals surface area contributed by atoms with Crippen LogP contribution in [0.25, 0.3) is 4.85 Å². The van der Waals surface area contributed by atoms with Crippen molar-refractivity contribution in [3.63, 3.8) is 0 Å². The second-order valence-corrected chi connectivity index (χ2v) is 4.23. The first-order valence-corrected chi connectivity index (χ1v) is 5.50. The van der Waals surface area contributed by atoms with Crippen LogP contribution >= 0.6 is 0 Å². The first-order valence-electron chi connectivity index (χ1n) is 3.68. The van der Waals surface area contributed by atoms with Crippen molar-refractivity contribution in [1.29, 1.82) is 0 Å². The van der Waals surface area contributed by atoms with Gasteiger partial charge >= 0.3 is 0 Å². The molecule has 1 rings (SSSR count). The standard InChI is InChI=1S/C8H8N2O3S/c1-9-7-3-4-8(10-5-7)6-13-14(2,11)12/h3-5H,6H2,2H3. The predicted molar refractivity (Wildman–Crippen MR) is 50.1 cm³/mol. The highest BCUT2D eigenvalue weighted by Gasteiger charge is 2.03. The molecule has 0 bridgehead atoms. The van der Waals surface area contributed by atoms with Gasteiger partial charge in [0.1, 0.15) is 6.61 Å². The monoisotopic (exact) mass is 212 g/mol. The first-order chi connectivity index (χ1) is 6.51. The van der Waals surface area contributed by atoms with Crippen molar-refractivity contribution in [3.05, 3.63) is 35.4 Å². The molecular weight excluding hydrogens is 204 g/mol. The maximum Gasteiger partial charge on any atom is 0.264 e. The van der Waals surface area contributed by atoms with Crippen LogP contribution in [0.4, 0.5) is 5.69 Å². The lowest BCUT2D eigenvalue weighted by Gasteiger charge is -2.00. The molecule has 0 fully saturated rings. The first kappa shape index (κ1) is 10.6. The number of aromatic nitrogens is 1. The number of rotatable bonds is 3. The van der Waals surface area contributed by atoms with Gasteiger partial charge in [0.05, 0.1) is 18.5 Å². The summed E-state index contributed by atoms with van der Waals surface area (Å²) in [5.74, 6) is 0. The van der Waals surface area contributed by atoms with Gasteiger partial charge in [0.15, 0.2) is 0 Å². The molecule has 14 heavy (non-hydrogen) atoms. The summed E-state index contributed by atoms with van der Waals surface area (Å²) in [4.78, 5) is 7.00. The largest absolute Gasteiger partial charge is 0.270 e. The quantitative estimate of drug-likeness (QED) is 0.556. The smallest absolute Gasteiger partial charge is 0.264 e. The van der Waals surface area contributed by atoms with Gasteiger partial charge in [-0.1, -0.05) is 6.07 Å². The Kier molecular flexibility index (Phi) is 3.17. The molecule has 0 aliphatic heterocycles. The van der Waals surface area contributed by atoms with Crippen LogP contribution in [-0.4, -0.2) is 19.7 Å². The number of nitrogens with zero attached hydrogens (tertiary/aromatic N) is 2. The van der Waals surface area contributed by atoms with E-state index < -0.39 is 10.1 Å². The Hall–Kier alpha value is -1.45. The molecule has 0 aromatic carbocycles. The summed E-state index contributed by atoms with van der Waals surface area (Å²) in [6.07, 6.45) is 2.34. The van der Waals surface area contributed by atoms with Crippen molar-refractivity contribution >= 4 is 15.8 Å². The zero-order valence-corrected chi connectivity index (χ0v) is 8.28. The van der Waals surface area contributed by atoms with Gasteiger partial charge in [0, 0.05) is 6.20 Å². The molecule has 0 aliphatic rings. The van der Waals surface area contributed by atoms with Crippen molar-refractivity contribution < 1.29 is 12.6 Å². The molecule has 0 atom stereocenters. The van der Waals surface area contributed by atoms with Crippen molar-refractivity contribution in [3.8, 4) is 0 Å². The third kappa shape index (κ3) is 3.51. The third-order valence-electron chi connectivity index (χ3n) is 1.36. The van der Waals surface area contributed by atoms with Gasteiger partial charge in [-0.15, -0.1) is 0 Å². The molecule has 6 heteroatoms. The van der Waals surface area contributed by atoms with E-state index in [1.165, 1.54) is 6.20 Å². The summed E-state index contributed by atoms with van der Waals surface area (Å²) < 4.78 is 25.8. The molecule has 0 saturated carbocycles. The van der Waals surface area contributed by atoms with E-state index in [4.69, 9.17) is 6.57 Å². The highest BCUT2D eigenvalue weighted by atomic mass is 32.2. The topological polar surface area (TPSA) is 60.6 Å². The molecule has 0 spiro atoms. The second kappa shape index (κ2) is 4.17. The summed E-state index contributed by atoms with van der Waals surface area (Å²) >= 11 is 0. The Morgan fingerprint density at radius 2 is 2.29 bits per heavy atom. The lowest BCUT2D eigenvalue weighted by Crippen LogP contribution is -2.03. The van der Waals surface area contributed by atoms with Gasteiger partial charge < -0.3 is 0 Å². The van der Waals surface area contributed by atoms with Crippen LogP contribution in [0.5, 0.6) is 0 Å². The van der Waals surface area contributed by atoms with Gasteiger partial charge in [-0.05, 0) is 6.07 Å². The zero-order valence-electron chi connectivity index (χ0n) is 7.47. The van der Waals surface area contributed by atoms with Gasteiger partial charge in [-0.25, -0.2) is 4.85 Å². The Morgan fingerprint density at radius 3 is 2.71 bits per heavy atom. The van der Waals surface area contributed by atoms with Crippen molar-refractivity contribution in [2.45, 2.75) is 6.61 Å². The maximum atomic E-state index is 10.6. The molecule has 0 amide bonds. The van der Waals surface area contributed by atoms with Crippen LogP contribution in [0, 0.1) is 6.57 Å². The summed E-state index contributed by atoms with van der Waals surface area (Å²) in [6.45, 7) is 6.57. The van der Waals surface area contributed by atoms with E-state index >= 15 is 0 Å². The number of pyridine rings is 1. The fourth-order valence-electron chi connectivity index (χ4n) is 0.736. The fourth-order valence-corrected chi connectivity index (χ4v) is 1.07. The normalized spacial score (nSPS) is 10.9. The van der Waals surface area contributed by atoms with E-state index in [0.717, 1.165) is 6.26 Å². The van der Waals surface area contributed by atoms with Gasteiger partial charge in [-0.2, -0.15) is 8.42 Å². The molecule has 0 saturated heterocycles. The highest BCUT2D eigenvalue weighted by molar-refractivity contribution is 7.85. The zero-order chi connectivity index (χ0) is 10.6. The average Bonchev–Trinajstić information content (AvgIpc) is 2.14. The molecule has 1 aromatic heterocycles. The summed E-state index contributed by atoms with van der Waals surface area (Å²) in [6, 6.07) is 3.11. The summed E-state index contributed by atoms with van der Waals surface area (Å²) in [5.41, 5.74) is 0.885. The number of hydrogen-bond acceptors (Lipinski definition) is 4. The van der Waals surface area contributed by atoms with Crippen LogP contribution < -0.4 is 0 Å². The van der Waals surface area contributed by atoms with Crippen LogP contribution in [0.3, 0.4) is 0 Å². The Morgan fingerprint density at radius 1 is 1.57 bits per heavy atom. The fraction of sp³-hybridized carbons (Fsp3) is 0.250. The van der Waals surface area contributed by atoms with Crippen LogP contribution in [0.15, 0.2) is 18.3 Å². The van der Waals surface area contributed by atoms with Gasteiger partial charge in [-0.3, -0.25) is 9.17 Å². The molecule has 5 nitrogen and oxygen atoms in total. The van der Waals surface area contributed by atoms with Crippen LogP contribution in [0.2, 0.25) is 0 Å². The lowest BCUT2D eigenvalue weighted by molar-refractivity contribution is 0.307. The van der Waals surface area contributed by atoms with E-state index in [9.17, 15) is 8.42 Å². The molecule has 0 aliphatic carbocycles. The molecule has 0 N–H and O–H groups in total. The predicted octanol–water partition coefficient (Wildman–Crippen LogP) is 1.11. The Balaban J connectivity index is 2.67. The van der Waals surface area contributed by atoms with E-state index in [1.54, 1.807) is 12.1 Å². The van der Waals surface area contributed by atoms with Gasteiger partial charge in [0.25, 0.3) is 10.1 Å². The van der Waals surface area contributed by atoms with Gasteiger partial charge in [0.2, 0.25) is 5.69 Å². The lowest BCUT2D eigenvalue weighted by atomic mass is 10.3. The molecule has 74 valence electrons. The van der Waals surface area contributed by atoms with Crippen molar-refractivity contribution in [2.24, 2.45) is 0 Å². The Labute approximate surface area is 82.3 Å². The molecule has 0 radical (unpaired) electrons. The molecular formula is C8H8N2O3S. The van der Waals surface area contributed by atoms with Crippen molar-refractivity contribution in [1.82, 2.24) is 4.98 Å². The third-order valence-corrected chi connectivity index (χ3v) is 1.91. The van der Waals surface area contributed by atoms with Crippen LogP contribution in [-0.2, 0) is 20.9 Å². The molecule has 1 aromatic rings. The van der Waals surface area contributed by atoms with Crippen LogP contribution in [0.1, 0.15) is 5.69 Å². The molecule has 1 heterocycles. The number of hydrogen-bond donors (Lipinski definition) is 0. The summed E-state index contributed by atoms with van der Waals surface area (Å²) in [7, 11) is -3.44. The SMILES string of the molecule is [C-]#[N+]c1ccc(COS(C)(=O)=O)nc1. The highest BCUT2D eigenvalue weighted by Crippen LogP contribution is 2.10. The minimum atomic E-state index is -3.44. The molecule has 0 unspecified atom stereocenters. The maximum absolute atomic E-state index is 10.6. The summed E-state index contributed by atoms with van der Waals surface area (Å²) in [5, 5.41) is 0. The van der Waals surface area contributed by atoms with E-state index in [1.807, 2.05) is 0 Å². The minimum Gasteiger partial charge on any atom is -0.270 e. The van der Waals surface area contributed by atoms with E-state index in [-0.39, 0.29) is 6.61 Å². The van der Waals surface area contributed by atoms with Crippen molar-refractivity contribution in [2.75, 3.05) is 6.26 Å². The van der Waals surface area contributed by atoms with E-state index in [2.05, 4.69) is 14.0 Å². The average molecular weight is 212 g/mol. The van der Waals surface area contributed by atoms with E-state index in [0.29, 0.717) is 11.4 Å². The second-order valence-electron chi connectivity index (χ2n) is 2.59. The minimum absolute atomic E-state index is 0.100.